The molecule has 0 fully saturated rings. The smallest absolute Gasteiger partial charge is 0.340 e. The molecule has 0 bridgehead atoms. The van der Waals surface area contributed by atoms with Crippen LogP contribution in [0, 0.1) is 0 Å². The van der Waals surface area contributed by atoms with E-state index in [-0.39, 0.29) is 20.8 Å². The molecule has 0 aliphatic carbocycles. The molecule has 2 aromatic carbocycles. The number of aliphatic hydroxyl groups is 1. The van der Waals surface area contributed by atoms with Gasteiger partial charge in [-0.1, -0.05) is 65.1 Å². The van der Waals surface area contributed by atoms with Crippen molar-refractivity contribution in [2.75, 3.05) is 11.9 Å². The molecule has 2 N–H and O–H groups in total. The molecule has 0 aliphatic heterocycles. The van der Waals surface area contributed by atoms with Crippen LogP contribution >= 0.6 is 34.8 Å². The molecule has 5 nitrogen and oxygen atoms in total. The lowest BCUT2D eigenvalue weighted by molar-refractivity contribution is -0.156. The molecule has 24 heavy (non-hydrogen) atoms. The summed E-state index contributed by atoms with van der Waals surface area (Å²) in [5.41, 5.74) is 0.603. The summed E-state index contributed by atoms with van der Waals surface area (Å²) in [6.45, 7) is -0.584. The molecule has 126 valence electrons. The number of hydrogen-bond acceptors (Lipinski definition) is 4. The summed E-state index contributed by atoms with van der Waals surface area (Å²) in [5, 5.41) is 12.9. The first-order valence-corrected chi connectivity index (χ1v) is 7.86. The summed E-state index contributed by atoms with van der Waals surface area (Å²) in [7, 11) is 0. The molecule has 1 atom stereocenters. The van der Waals surface area contributed by atoms with E-state index in [1.807, 2.05) is 0 Å². The molecule has 0 saturated heterocycles. The van der Waals surface area contributed by atoms with Crippen LogP contribution in [0.2, 0.25) is 15.1 Å². The third-order valence-electron chi connectivity index (χ3n) is 2.97. The van der Waals surface area contributed by atoms with Crippen LogP contribution in [0.1, 0.15) is 11.7 Å². The molecule has 2 rings (SSSR count). The van der Waals surface area contributed by atoms with Gasteiger partial charge in [-0.05, 0) is 17.7 Å². The van der Waals surface area contributed by atoms with Gasteiger partial charge in [-0.25, -0.2) is 4.79 Å². The number of anilines is 1. The number of benzene rings is 2. The Kier molecular flexibility index (Phi) is 6.45. The summed E-state index contributed by atoms with van der Waals surface area (Å²) >= 11 is 17.6. The van der Waals surface area contributed by atoms with Crippen molar-refractivity contribution in [3.05, 3.63) is 63.1 Å². The van der Waals surface area contributed by atoms with E-state index in [1.54, 1.807) is 30.3 Å². The lowest BCUT2D eigenvalue weighted by atomic mass is 10.1. The van der Waals surface area contributed by atoms with Crippen LogP contribution < -0.4 is 5.32 Å². The monoisotopic (exact) mass is 387 g/mol. The van der Waals surface area contributed by atoms with E-state index in [9.17, 15) is 14.7 Å². The van der Waals surface area contributed by atoms with Gasteiger partial charge in [0.1, 0.15) is 0 Å². The Labute approximate surface area is 153 Å². The molecule has 8 heteroatoms. The van der Waals surface area contributed by atoms with E-state index in [2.05, 4.69) is 5.32 Å². The zero-order valence-electron chi connectivity index (χ0n) is 12.1. The molecule has 0 heterocycles. The maximum atomic E-state index is 11.8. The fourth-order valence-corrected chi connectivity index (χ4v) is 2.39. The summed E-state index contributed by atoms with van der Waals surface area (Å²) < 4.78 is 4.78. The van der Waals surface area contributed by atoms with Crippen LogP contribution in [0.15, 0.2) is 42.5 Å². The Bertz CT molecular complexity index is 752. The number of amides is 1. The van der Waals surface area contributed by atoms with Crippen molar-refractivity contribution >= 4 is 52.4 Å². The highest BCUT2D eigenvalue weighted by Crippen LogP contribution is 2.32. The van der Waals surface area contributed by atoms with Gasteiger partial charge in [0.2, 0.25) is 0 Å². The highest BCUT2D eigenvalue weighted by molar-refractivity contribution is 6.44. The van der Waals surface area contributed by atoms with E-state index in [0.717, 1.165) is 0 Å². The lowest BCUT2D eigenvalue weighted by Gasteiger charge is -2.12. The average Bonchev–Trinajstić information content (AvgIpc) is 2.57. The standard InChI is InChI=1S/C16H12Cl3NO4/c17-10-6-12(19)13(7-11(10)18)20-14(21)8-24-16(23)15(22)9-4-2-1-3-5-9/h1-7,15,22H,8H2,(H,20,21)/t15-/m0/s1. The number of esters is 1. The minimum absolute atomic E-state index is 0.188. The zero-order valence-corrected chi connectivity index (χ0v) is 14.4. The zero-order chi connectivity index (χ0) is 17.7. The first-order valence-electron chi connectivity index (χ1n) is 6.72. The molecular weight excluding hydrogens is 377 g/mol. The molecule has 0 aliphatic rings. The van der Waals surface area contributed by atoms with Gasteiger partial charge in [-0.2, -0.15) is 0 Å². The number of ether oxygens (including phenoxy) is 1. The van der Waals surface area contributed by atoms with E-state index < -0.39 is 24.6 Å². The van der Waals surface area contributed by atoms with E-state index in [4.69, 9.17) is 39.5 Å². The summed E-state index contributed by atoms with van der Waals surface area (Å²) in [5.74, 6) is -1.57. The number of halogens is 3. The highest BCUT2D eigenvalue weighted by Gasteiger charge is 2.20. The minimum atomic E-state index is -1.47. The van der Waals surface area contributed by atoms with Gasteiger partial charge in [0.15, 0.2) is 12.7 Å². The van der Waals surface area contributed by atoms with Gasteiger partial charge in [0, 0.05) is 0 Å². The van der Waals surface area contributed by atoms with Crippen LogP contribution in [0.5, 0.6) is 0 Å². The van der Waals surface area contributed by atoms with Crippen LogP contribution in [-0.2, 0) is 14.3 Å². The Hall–Kier alpha value is -1.79. The summed E-state index contributed by atoms with van der Waals surface area (Å²) in [6, 6.07) is 11.0. The largest absolute Gasteiger partial charge is 0.453 e. The van der Waals surface area contributed by atoms with Gasteiger partial charge in [0.05, 0.1) is 20.8 Å². The van der Waals surface area contributed by atoms with Crippen molar-refractivity contribution in [2.24, 2.45) is 0 Å². The molecular formula is C16H12Cl3NO4. The van der Waals surface area contributed by atoms with Crippen molar-refractivity contribution in [3.8, 4) is 0 Å². The first kappa shape index (κ1) is 18.5. The normalized spacial score (nSPS) is 11.7. The minimum Gasteiger partial charge on any atom is -0.453 e. The fourth-order valence-electron chi connectivity index (χ4n) is 1.79. The molecule has 2 aromatic rings. The second-order valence-electron chi connectivity index (χ2n) is 4.72. The number of carbonyl (C=O) groups is 2. The van der Waals surface area contributed by atoms with Crippen LogP contribution in [0.3, 0.4) is 0 Å². The number of rotatable bonds is 5. The summed E-state index contributed by atoms with van der Waals surface area (Å²) in [6.07, 6.45) is -1.47. The van der Waals surface area contributed by atoms with E-state index >= 15 is 0 Å². The number of hydrogen-bond donors (Lipinski definition) is 2. The number of aliphatic hydroxyl groups excluding tert-OH is 1. The van der Waals surface area contributed by atoms with Crippen molar-refractivity contribution in [3.63, 3.8) is 0 Å². The Morgan fingerprint density at radius 3 is 2.33 bits per heavy atom. The Balaban J connectivity index is 1.91. The van der Waals surface area contributed by atoms with Gasteiger partial charge in [-0.15, -0.1) is 0 Å². The van der Waals surface area contributed by atoms with E-state index in [1.165, 1.54) is 12.1 Å². The quantitative estimate of drug-likeness (QED) is 0.602. The second-order valence-corrected chi connectivity index (χ2v) is 5.94. The SMILES string of the molecule is O=C(COC(=O)[C@@H](O)c1ccccc1)Nc1cc(Cl)c(Cl)cc1Cl. The number of nitrogens with one attached hydrogen (secondary N) is 1. The van der Waals surface area contributed by atoms with Crippen LogP contribution in [-0.4, -0.2) is 23.6 Å². The lowest BCUT2D eigenvalue weighted by Crippen LogP contribution is -2.24. The molecule has 0 spiro atoms. The molecule has 0 aromatic heterocycles. The predicted molar refractivity (Wildman–Crippen MR) is 92.5 cm³/mol. The van der Waals surface area contributed by atoms with Crippen molar-refractivity contribution in [1.29, 1.82) is 0 Å². The first-order chi connectivity index (χ1) is 11.4. The van der Waals surface area contributed by atoms with E-state index in [0.29, 0.717) is 5.56 Å². The molecule has 0 radical (unpaired) electrons. The molecule has 1 amide bonds. The van der Waals surface area contributed by atoms with Gasteiger partial charge in [-0.3, -0.25) is 4.79 Å². The Morgan fingerprint density at radius 2 is 1.67 bits per heavy atom. The topological polar surface area (TPSA) is 75.6 Å². The van der Waals surface area contributed by atoms with Gasteiger partial charge < -0.3 is 15.2 Å². The summed E-state index contributed by atoms with van der Waals surface area (Å²) in [4.78, 5) is 23.6. The third-order valence-corrected chi connectivity index (χ3v) is 4.00. The van der Waals surface area contributed by atoms with Crippen molar-refractivity contribution in [2.45, 2.75) is 6.10 Å². The van der Waals surface area contributed by atoms with Gasteiger partial charge in [0.25, 0.3) is 5.91 Å². The van der Waals surface area contributed by atoms with Crippen molar-refractivity contribution in [1.82, 2.24) is 0 Å². The van der Waals surface area contributed by atoms with Gasteiger partial charge >= 0.3 is 5.97 Å². The highest BCUT2D eigenvalue weighted by atomic mass is 35.5. The second kappa shape index (κ2) is 8.35. The average molecular weight is 389 g/mol. The van der Waals surface area contributed by atoms with Crippen molar-refractivity contribution < 1.29 is 19.4 Å². The molecule has 0 saturated carbocycles. The fraction of sp³-hybridized carbons (Fsp3) is 0.125. The van der Waals surface area contributed by atoms with Crippen LogP contribution in [0.4, 0.5) is 5.69 Å². The molecule has 0 unspecified atom stereocenters. The maximum Gasteiger partial charge on any atom is 0.340 e. The Morgan fingerprint density at radius 1 is 1.04 bits per heavy atom. The predicted octanol–water partition coefficient (Wildman–Crippen LogP) is 3.86. The number of carbonyl (C=O) groups excluding carboxylic acids is 2. The van der Waals surface area contributed by atoms with Crippen LogP contribution in [0.25, 0.3) is 0 Å². The third kappa shape index (κ3) is 4.85. The maximum absolute atomic E-state index is 11.8.